The number of rotatable bonds is 8. The molecular formula is C22H36N4O5S2. The molecule has 0 radical (unpaired) electrons. The van der Waals surface area contributed by atoms with Gasteiger partial charge in [0.2, 0.25) is 10.0 Å². The fraction of sp³-hybridized carbons (Fsp3) is 0.727. The Morgan fingerprint density at radius 3 is 2.73 bits per heavy atom. The summed E-state index contributed by atoms with van der Waals surface area (Å²) in [5, 5.41) is 4.94. The molecular weight excluding hydrogens is 464 g/mol. The van der Waals surface area contributed by atoms with Crippen molar-refractivity contribution in [2.45, 2.75) is 64.1 Å². The first-order chi connectivity index (χ1) is 15.5. The lowest BCUT2D eigenvalue weighted by Crippen LogP contribution is -2.57. The van der Waals surface area contributed by atoms with Gasteiger partial charge in [0.15, 0.2) is 0 Å². The minimum absolute atomic E-state index is 0.0184. The van der Waals surface area contributed by atoms with E-state index in [0.717, 1.165) is 44.5 Å². The third kappa shape index (κ3) is 5.88. The number of piperidine rings is 2. The van der Waals surface area contributed by atoms with Crippen LogP contribution in [0.15, 0.2) is 18.2 Å². The summed E-state index contributed by atoms with van der Waals surface area (Å²) in [5.74, 6) is 1.14. The number of hydrogen-bond acceptors (Lipinski definition) is 6. The van der Waals surface area contributed by atoms with Crippen molar-refractivity contribution in [2.75, 3.05) is 31.9 Å². The molecule has 11 heteroatoms. The summed E-state index contributed by atoms with van der Waals surface area (Å²) in [5.41, 5.74) is 2.59. The molecule has 3 heterocycles. The van der Waals surface area contributed by atoms with Crippen molar-refractivity contribution in [3.8, 4) is 5.75 Å². The molecule has 9 nitrogen and oxygen atoms in total. The van der Waals surface area contributed by atoms with E-state index >= 15 is 0 Å². The molecule has 0 amide bonds. The second-order valence-electron chi connectivity index (χ2n) is 9.71. The molecule has 3 aliphatic heterocycles. The van der Waals surface area contributed by atoms with E-state index in [4.69, 9.17) is 9.88 Å². The molecule has 0 saturated carbocycles. The highest BCUT2D eigenvalue weighted by atomic mass is 32.2. The summed E-state index contributed by atoms with van der Waals surface area (Å²) in [7, 11) is -7.30. The molecule has 0 unspecified atom stereocenters. The summed E-state index contributed by atoms with van der Waals surface area (Å²) in [6, 6.07) is 6.52. The number of benzene rings is 1. The van der Waals surface area contributed by atoms with Gasteiger partial charge in [-0.05, 0) is 75.1 Å². The van der Waals surface area contributed by atoms with Crippen LogP contribution in [0.4, 0.5) is 0 Å². The summed E-state index contributed by atoms with van der Waals surface area (Å²) >= 11 is 0. The average molecular weight is 501 g/mol. The van der Waals surface area contributed by atoms with E-state index in [-0.39, 0.29) is 36.9 Å². The van der Waals surface area contributed by atoms with Crippen LogP contribution in [0.2, 0.25) is 0 Å². The van der Waals surface area contributed by atoms with Crippen molar-refractivity contribution in [3.63, 3.8) is 0 Å². The number of sulfonamides is 1. The third-order valence-electron chi connectivity index (χ3n) is 7.00. The van der Waals surface area contributed by atoms with Gasteiger partial charge in [0.05, 0.1) is 11.9 Å². The van der Waals surface area contributed by atoms with Crippen LogP contribution >= 0.6 is 0 Å². The molecule has 1 aromatic carbocycles. The first-order valence-electron chi connectivity index (χ1n) is 11.8. The Labute approximate surface area is 197 Å². The van der Waals surface area contributed by atoms with Crippen molar-refractivity contribution in [1.29, 1.82) is 0 Å². The van der Waals surface area contributed by atoms with Crippen molar-refractivity contribution < 1.29 is 21.6 Å². The molecule has 1 aromatic rings. The highest BCUT2D eigenvalue weighted by molar-refractivity contribution is 7.89. The van der Waals surface area contributed by atoms with Gasteiger partial charge < -0.3 is 4.74 Å². The van der Waals surface area contributed by atoms with Crippen LogP contribution in [0.25, 0.3) is 0 Å². The molecule has 3 aliphatic rings. The van der Waals surface area contributed by atoms with Crippen LogP contribution < -0.4 is 14.6 Å². The Kier molecular flexibility index (Phi) is 7.38. The summed E-state index contributed by atoms with van der Waals surface area (Å²) in [6.45, 7) is 6.49. The van der Waals surface area contributed by atoms with Crippen LogP contribution in [0.5, 0.6) is 5.75 Å². The van der Waals surface area contributed by atoms with Crippen molar-refractivity contribution in [1.82, 2.24) is 13.9 Å². The molecule has 3 N–H and O–H groups in total. The van der Waals surface area contributed by atoms with Crippen LogP contribution in [0, 0.1) is 5.92 Å². The molecule has 2 saturated heterocycles. The molecule has 0 spiro atoms. The number of nitrogens with one attached hydrogen (secondary N) is 1. The van der Waals surface area contributed by atoms with Crippen LogP contribution in [-0.4, -0.2) is 70.1 Å². The fourth-order valence-electron chi connectivity index (χ4n) is 5.67. The minimum atomic E-state index is -3.81. The molecule has 2 fully saturated rings. The fourth-order valence-corrected chi connectivity index (χ4v) is 7.92. The van der Waals surface area contributed by atoms with E-state index in [9.17, 15) is 16.8 Å². The third-order valence-corrected chi connectivity index (χ3v) is 9.57. The van der Waals surface area contributed by atoms with E-state index in [1.165, 1.54) is 11.1 Å². The lowest BCUT2D eigenvalue weighted by atomic mass is 9.77. The van der Waals surface area contributed by atoms with Gasteiger partial charge in [-0.25, -0.2) is 18.3 Å². The number of nitrogens with zero attached hydrogens (tertiary/aromatic N) is 2. The smallest absolute Gasteiger partial charge is 0.274 e. The first-order valence-corrected chi connectivity index (χ1v) is 15.0. The maximum Gasteiger partial charge on any atom is 0.274 e. The van der Waals surface area contributed by atoms with Gasteiger partial charge in [-0.2, -0.15) is 12.7 Å². The number of nitrogens with two attached hydrogens (primary N) is 1. The van der Waals surface area contributed by atoms with Crippen LogP contribution in [0.1, 0.15) is 56.7 Å². The first kappa shape index (κ1) is 24.9. The summed E-state index contributed by atoms with van der Waals surface area (Å²) in [6.07, 6.45) is 4.00. The number of ether oxygens (including phenoxy) is 1. The largest absolute Gasteiger partial charge is 0.491 e. The van der Waals surface area contributed by atoms with Gasteiger partial charge in [-0.1, -0.05) is 6.07 Å². The van der Waals surface area contributed by atoms with Gasteiger partial charge >= 0.3 is 0 Å². The number of hydrogen-bond donors (Lipinski definition) is 2. The zero-order valence-corrected chi connectivity index (χ0v) is 21.1. The zero-order chi connectivity index (χ0) is 23.8. The maximum absolute atomic E-state index is 13.2. The lowest BCUT2D eigenvalue weighted by molar-refractivity contribution is 0.0219. The van der Waals surface area contributed by atoms with Crippen LogP contribution in [0.3, 0.4) is 0 Å². The molecule has 186 valence electrons. The Hall–Kier alpha value is -1.24. The molecule has 3 atom stereocenters. The monoisotopic (exact) mass is 500 g/mol. The summed E-state index contributed by atoms with van der Waals surface area (Å²) in [4.78, 5) is 2.53. The standard InChI is InChI=1S/C22H36N4O5S2/c1-16(2)31-19-6-7-20-17(13-19)8-11-25-15-18-5-3-10-26(21(18)14-22(20)25)32(27,28)12-4-9-24-33(23,29)30/h6-7,13,16,18,21-22,24H,3-5,8-12,14-15H2,1-2H3,(H2,23,29,30)/t18-,21+,22-/m0/s1. The highest BCUT2D eigenvalue weighted by Gasteiger charge is 2.45. The van der Waals surface area contributed by atoms with Crippen molar-refractivity contribution in [3.05, 3.63) is 29.3 Å². The Bertz CT molecular complexity index is 1060. The van der Waals surface area contributed by atoms with E-state index in [2.05, 4.69) is 21.8 Å². The highest BCUT2D eigenvalue weighted by Crippen LogP contribution is 2.44. The maximum atomic E-state index is 13.2. The zero-order valence-electron chi connectivity index (χ0n) is 19.4. The van der Waals surface area contributed by atoms with E-state index < -0.39 is 20.2 Å². The van der Waals surface area contributed by atoms with Gasteiger partial charge in [0.1, 0.15) is 5.75 Å². The van der Waals surface area contributed by atoms with Gasteiger partial charge in [-0.15, -0.1) is 0 Å². The van der Waals surface area contributed by atoms with E-state index in [1.807, 2.05) is 19.9 Å². The average Bonchev–Trinajstić information content (AvgIpc) is 2.73. The Morgan fingerprint density at radius 1 is 1.21 bits per heavy atom. The van der Waals surface area contributed by atoms with Crippen molar-refractivity contribution >= 4 is 20.2 Å². The predicted octanol–water partition coefficient (Wildman–Crippen LogP) is 1.37. The molecule has 4 rings (SSSR count). The van der Waals surface area contributed by atoms with Gasteiger partial charge in [0.25, 0.3) is 10.2 Å². The van der Waals surface area contributed by atoms with E-state index in [0.29, 0.717) is 12.5 Å². The topological polar surface area (TPSA) is 122 Å². The van der Waals surface area contributed by atoms with Crippen LogP contribution in [-0.2, 0) is 26.7 Å². The summed E-state index contributed by atoms with van der Waals surface area (Å²) < 4.78 is 58.3. The Balaban J connectivity index is 1.49. The van der Waals surface area contributed by atoms with Gasteiger partial charge in [-0.3, -0.25) is 4.90 Å². The molecule has 0 bridgehead atoms. The number of fused-ring (bicyclic) bond motifs is 4. The van der Waals surface area contributed by atoms with E-state index in [1.54, 1.807) is 4.31 Å². The predicted molar refractivity (Wildman–Crippen MR) is 128 cm³/mol. The second-order valence-corrected chi connectivity index (χ2v) is 13.1. The molecule has 0 aromatic heterocycles. The van der Waals surface area contributed by atoms with Gasteiger partial charge in [0, 0.05) is 38.3 Å². The molecule has 0 aliphatic carbocycles. The van der Waals surface area contributed by atoms with Crippen molar-refractivity contribution in [2.24, 2.45) is 11.1 Å². The second kappa shape index (κ2) is 9.79. The lowest BCUT2D eigenvalue weighted by Gasteiger charge is -2.51. The minimum Gasteiger partial charge on any atom is -0.491 e. The SMILES string of the molecule is CC(C)Oc1ccc2c(c1)CCN1C[C@@H]3CCCN(S(=O)(=O)CCCNS(N)(=O)=O)[C@@H]3C[C@@H]21. The Morgan fingerprint density at radius 2 is 2.00 bits per heavy atom. The molecule has 33 heavy (non-hydrogen) atoms. The normalized spacial score (nSPS) is 26.5. The quantitative estimate of drug-likeness (QED) is 0.520.